The van der Waals surface area contributed by atoms with Crippen molar-refractivity contribution in [1.29, 1.82) is 0 Å². The van der Waals surface area contributed by atoms with Crippen LogP contribution in [0.15, 0.2) is 82.5 Å². The highest BCUT2D eigenvalue weighted by atomic mass is 16.5. The van der Waals surface area contributed by atoms with Crippen LogP contribution < -0.4 is 11.2 Å². The van der Waals surface area contributed by atoms with Gasteiger partial charge in [0.2, 0.25) is 5.91 Å². The van der Waals surface area contributed by atoms with Crippen molar-refractivity contribution in [2.75, 3.05) is 26.3 Å². The van der Waals surface area contributed by atoms with E-state index in [2.05, 4.69) is 42.2 Å². The van der Waals surface area contributed by atoms with E-state index in [1.807, 2.05) is 36.4 Å². The summed E-state index contributed by atoms with van der Waals surface area (Å²) in [4.78, 5) is 53.8. The molecule has 0 saturated heterocycles. The zero-order chi connectivity index (χ0) is 34.2. The number of aromatic nitrogens is 2. The van der Waals surface area contributed by atoms with Gasteiger partial charge in [-0.05, 0) is 69.9 Å². The van der Waals surface area contributed by atoms with Crippen molar-refractivity contribution in [3.8, 4) is 11.8 Å². The zero-order valence-corrected chi connectivity index (χ0v) is 26.9. The van der Waals surface area contributed by atoms with Crippen molar-refractivity contribution in [2.24, 2.45) is 5.41 Å². The lowest BCUT2D eigenvalue weighted by Crippen LogP contribution is -2.45. The summed E-state index contributed by atoms with van der Waals surface area (Å²) < 4.78 is 7.07. The molecular formula is C38H35N3O7. The van der Waals surface area contributed by atoms with Crippen molar-refractivity contribution in [2.45, 2.75) is 34.0 Å². The maximum Gasteiger partial charge on any atom is 0.334 e. The van der Waals surface area contributed by atoms with Gasteiger partial charge < -0.3 is 19.8 Å². The van der Waals surface area contributed by atoms with Crippen molar-refractivity contribution in [1.82, 2.24) is 14.0 Å². The number of carbonyl (C=O) groups is 2. The standard InChI is InChI=1S/C38H35N3O7/c1-38(2,3)36(46)48-23-41-35(45)26(21-40(37(41)47)22-32(44)39(17-19-42)18-20-43)14-13-24-15-16-31-29-11-5-8-25-7-4-10-28(33(25)29)30-12-6-9-27(24)34(30)31/h4-12,15-16,21,42-43H,17-20,22-23H2,1-3H3. The molecule has 0 spiro atoms. The summed E-state index contributed by atoms with van der Waals surface area (Å²) in [6.07, 6.45) is 1.22. The molecule has 6 aromatic rings. The van der Waals surface area contributed by atoms with E-state index in [1.165, 1.54) is 16.5 Å². The number of benzene rings is 5. The van der Waals surface area contributed by atoms with Crippen LogP contribution in [0, 0.1) is 17.3 Å². The molecule has 244 valence electrons. The van der Waals surface area contributed by atoms with E-state index in [1.54, 1.807) is 20.8 Å². The van der Waals surface area contributed by atoms with Gasteiger partial charge in [0.1, 0.15) is 12.1 Å². The monoisotopic (exact) mass is 645 g/mol. The minimum absolute atomic E-state index is 0.0479. The highest BCUT2D eigenvalue weighted by Gasteiger charge is 2.24. The Bertz CT molecular complexity index is 2330. The fraction of sp³-hybridized carbons (Fsp3) is 0.263. The van der Waals surface area contributed by atoms with Crippen LogP contribution in [0.2, 0.25) is 0 Å². The molecule has 0 radical (unpaired) electrons. The van der Waals surface area contributed by atoms with E-state index < -0.39 is 41.8 Å². The zero-order valence-electron chi connectivity index (χ0n) is 26.9. The molecule has 0 aliphatic heterocycles. The SMILES string of the molecule is CC(C)(C)C(=O)OCn1c(=O)c(C#Cc2ccc3c4cccc5cccc(c6cccc2c63)c54)cn(CC(=O)N(CCO)CCO)c1=O. The summed E-state index contributed by atoms with van der Waals surface area (Å²) in [5, 5.41) is 27.5. The fourth-order valence-electron chi connectivity index (χ4n) is 6.04. The maximum absolute atomic E-state index is 13.6. The lowest BCUT2D eigenvalue weighted by Gasteiger charge is -2.21. The average molecular weight is 646 g/mol. The molecule has 5 aromatic carbocycles. The molecule has 2 N–H and O–H groups in total. The van der Waals surface area contributed by atoms with Gasteiger partial charge in [0.25, 0.3) is 5.56 Å². The molecule has 1 heterocycles. The Balaban J connectivity index is 1.48. The van der Waals surface area contributed by atoms with E-state index in [0.29, 0.717) is 5.56 Å². The lowest BCUT2D eigenvalue weighted by atomic mass is 9.88. The van der Waals surface area contributed by atoms with E-state index >= 15 is 0 Å². The number of amides is 1. The van der Waals surface area contributed by atoms with Crippen molar-refractivity contribution < 1.29 is 24.5 Å². The summed E-state index contributed by atoms with van der Waals surface area (Å²) in [6, 6.07) is 22.5. The number of aliphatic hydroxyl groups is 2. The number of carbonyl (C=O) groups excluding carboxylic acids is 2. The van der Waals surface area contributed by atoms with E-state index in [4.69, 9.17) is 4.74 Å². The molecular weight excluding hydrogens is 610 g/mol. The number of fused-ring (bicyclic) bond motifs is 2. The number of ether oxygens (including phenoxy) is 1. The predicted octanol–water partition coefficient (Wildman–Crippen LogP) is 3.82. The molecule has 0 saturated carbocycles. The van der Waals surface area contributed by atoms with Gasteiger partial charge >= 0.3 is 11.7 Å². The van der Waals surface area contributed by atoms with Crippen molar-refractivity contribution in [3.05, 3.63) is 105 Å². The van der Waals surface area contributed by atoms with Gasteiger partial charge in [-0.25, -0.2) is 9.36 Å². The van der Waals surface area contributed by atoms with Gasteiger partial charge in [0, 0.05) is 24.8 Å². The smallest absolute Gasteiger partial charge is 0.334 e. The van der Waals surface area contributed by atoms with Crippen molar-refractivity contribution >= 4 is 55.0 Å². The molecule has 48 heavy (non-hydrogen) atoms. The van der Waals surface area contributed by atoms with Gasteiger partial charge in [-0.3, -0.25) is 19.0 Å². The van der Waals surface area contributed by atoms with Crippen molar-refractivity contribution in [3.63, 3.8) is 0 Å². The first-order chi connectivity index (χ1) is 23.0. The fourth-order valence-corrected chi connectivity index (χ4v) is 6.04. The van der Waals surface area contributed by atoms with E-state index in [-0.39, 0.29) is 31.9 Å². The minimum Gasteiger partial charge on any atom is -0.443 e. The Morgan fingerprint density at radius 3 is 1.96 bits per heavy atom. The van der Waals surface area contributed by atoms with Gasteiger partial charge in [0.05, 0.1) is 18.6 Å². The van der Waals surface area contributed by atoms with E-state index in [0.717, 1.165) is 46.8 Å². The second-order valence-electron chi connectivity index (χ2n) is 12.7. The molecule has 10 heteroatoms. The van der Waals surface area contributed by atoms with Gasteiger partial charge in [-0.1, -0.05) is 72.5 Å². The van der Waals surface area contributed by atoms with Crippen LogP contribution in [0.5, 0.6) is 0 Å². The first-order valence-electron chi connectivity index (χ1n) is 15.6. The summed E-state index contributed by atoms with van der Waals surface area (Å²) in [5.41, 5.74) is -1.95. The second-order valence-corrected chi connectivity index (χ2v) is 12.7. The molecule has 0 unspecified atom stereocenters. The van der Waals surface area contributed by atoms with Crippen LogP contribution in [0.3, 0.4) is 0 Å². The normalized spacial score (nSPS) is 11.7. The second kappa shape index (κ2) is 13.0. The molecule has 6 rings (SSSR count). The molecule has 1 aromatic heterocycles. The Morgan fingerprint density at radius 2 is 1.33 bits per heavy atom. The largest absolute Gasteiger partial charge is 0.443 e. The number of nitrogens with zero attached hydrogens (tertiary/aromatic N) is 3. The van der Waals surface area contributed by atoms with E-state index in [9.17, 15) is 29.4 Å². The number of hydrogen-bond acceptors (Lipinski definition) is 7. The topological polar surface area (TPSA) is 131 Å². The summed E-state index contributed by atoms with van der Waals surface area (Å²) >= 11 is 0. The number of rotatable bonds is 8. The number of esters is 1. The predicted molar refractivity (Wildman–Crippen MR) is 185 cm³/mol. The van der Waals surface area contributed by atoms with Crippen LogP contribution in [0.25, 0.3) is 43.1 Å². The summed E-state index contributed by atoms with van der Waals surface area (Å²) in [5.74, 6) is 4.87. The molecule has 0 atom stereocenters. The quantitative estimate of drug-likeness (QED) is 0.111. The average Bonchev–Trinajstić information content (AvgIpc) is 3.07. The Kier molecular flexibility index (Phi) is 8.75. The molecule has 0 aliphatic rings. The lowest BCUT2D eigenvalue weighted by molar-refractivity contribution is -0.157. The first kappa shape index (κ1) is 32.4. The summed E-state index contributed by atoms with van der Waals surface area (Å²) in [7, 11) is 0. The maximum atomic E-state index is 13.6. The van der Waals surface area contributed by atoms with Gasteiger partial charge in [-0.2, -0.15) is 0 Å². The third kappa shape index (κ3) is 5.90. The molecule has 1 amide bonds. The molecule has 10 nitrogen and oxygen atoms in total. The first-order valence-corrected chi connectivity index (χ1v) is 15.6. The van der Waals surface area contributed by atoms with Crippen LogP contribution >= 0.6 is 0 Å². The summed E-state index contributed by atoms with van der Waals surface area (Å²) in [6.45, 7) is 3.01. The van der Waals surface area contributed by atoms with Crippen LogP contribution in [-0.2, 0) is 27.6 Å². The Morgan fingerprint density at radius 1 is 0.771 bits per heavy atom. The van der Waals surface area contributed by atoms with Gasteiger partial charge in [-0.15, -0.1) is 0 Å². The van der Waals surface area contributed by atoms with Gasteiger partial charge in [0.15, 0.2) is 6.73 Å². The minimum atomic E-state index is -0.883. The van der Waals surface area contributed by atoms with Crippen LogP contribution in [0.4, 0.5) is 0 Å². The third-order valence-electron chi connectivity index (χ3n) is 8.43. The highest BCUT2D eigenvalue weighted by Crippen LogP contribution is 2.40. The molecule has 0 fully saturated rings. The molecule has 0 bridgehead atoms. The molecule has 0 aliphatic carbocycles. The number of hydrogen-bond donors (Lipinski definition) is 2. The third-order valence-corrected chi connectivity index (χ3v) is 8.43. The Labute approximate surface area is 275 Å². The number of aliphatic hydroxyl groups excluding tert-OH is 2. The van der Waals surface area contributed by atoms with Crippen LogP contribution in [-0.4, -0.2) is 62.4 Å². The highest BCUT2D eigenvalue weighted by molar-refractivity contribution is 6.33. The Hall–Kier alpha value is -5.50. The van der Waals surface area contributed by atoms with Crippen LogP contribution in [0.1, 0.15) is 31.9 Å².